The molecule has 0 saturated carbocycles. The third-order valence-corrected chi connectivity index (χ3v) is 2.91. The molecule has 0 saturated heterocycles. The third kappa shape index (κ3) is 2.99. The van der Waals surface area contributed by atoms with Crippen molar-refractivity contribution in [1.82, 2.24) is 9.97 Å². The van der Waals surface area contributed by atoms with Gasteiger partial charge in [0.05, 0.1) is 12.7 Å². The number of ether oxygens (including phenoxy) is 2. The molecule has 0 fully saturated rings. The standard InChI is InChI=1S/C15H19N3O2/c1-5-16-14-11(3)15(18-9-17-14)20-12-7-6-10(2)8-13(12)19-4/h6-9H,5H2,1-4H3,(H,16,17,18). The summed E-state index contributed by atoms with van der Waals surface area (Å²) in [4.78, 5) is 8.38. The highest BCUT2D eigenvalue weighted by atomic mass is 16.5. The summed E-state index contributed by atoms with van der Waals surface area (Å²) in [6.45, 7) is 6.75. The Morgan fingerprint density at radius 3 is 2.65 bits per heavy atom. The summed E-state index contributed by atoms with van der Waals surface area (Å²) in [6.07, 6.45) is 1.49. The summed E-state index contributed by atoms with van der Waals surface area (Å²) in [7, 11) is 1.62. The van der Waals surface area contributed by atoms with Crippen LogP contribution < -0.4 is 14.8 Å². The van der Waals surface area contributed by atoms with Crippen molar-refractivity contribution < 1.29 is 9.47 Å². The van der Waals surface area contributed by atoms with Crippen LogP contribution in [0.25, 0.3) is 0 Å². The predicted octanol–water partition coefficient (Wildman–Crippen LogP) is 3.33. The molecule has 20 heavy (non-hydrogen) atoms. The first-order chi connectivity index (χ1) is 9.65. The van der Waals surface area contributed by atoms with E-state index in [0.717, 1.165) is 23.5 Å². The second kappa shape index (κ2) is 6.23. The molecule has 0 aliphatic carbocycles. The number of anilines is 1. The van der Waals surface area contributed by atoms with Crippen molar-refractivity contribution in [2.24, 2.45) is 0 Å². The summed E-state index contributed by atoms with van der Waals surface area (Å²) in [6, 6.07) is 5.78. The number of hydrogen-bond acceptors (Lipinski definition) is 5. The van der Waals surface area contributed by atoms with E-state index in [4.69, 9.17) is 9.47 Å². The first kappa shape index (κ1) is 14.1. The number of aromatic nitrogens is 2. The van der Waals surface area contributed by atoms with Crippen LogP contribution in [0.4, 0.5) is 5.82 Å². The zero-order chi connectivity index (χ0) is 14.5. The van der Waals surface area contributed by atoms with E-state index in [9.17, 15) is 0 Å². The van der Waals surface area contributed by atoms with E-state index >= 15 is 0 Å². The van der Waals surface area contributed by atoms with E-state index in [1.165, 1.54) is 6.33 Å². The van der Waals surface area contributed by atoms with Crippen LogP contribution in [-0.2, 0) is 0 Å². The molecule has 5 nitrogen and oxygen atoms in total. The van der Waals surface area contributed by atoms with Crippen molar-refractivity contribution in [2.45, 2.75) is 20.8 Å². The van der Waals surface area contributed by atoms with E-state index in [0.29, 0.717) is 17.4 Å². The lowest BCUT2D eigenvalue weighted by Gasteiger charge is -2.13. The molecule has 0 spiro atoms. The molecule has 1 aromatic carbocycles. The van der Waals surface area contributed by atoms with Crippen molar-refractivity contribution in [3.63, 3.8) is 0 Å². The maximum absolute atomic E-state index is 5.86. The van der Waals surface area contributed by atoms with Crippen LogP contribution in [0.3, 0.4) is 0 Å². The Kier molecular flexibility index (Phi) is 4.40. The fourth-order valence-electron chi connectivity index (χ4n) is 1.85. The van der Waals surface area contributed by atoms with E-state index in [1.807, 2.05) is 39.0 Å². The summed E-state index contributed by atoms with van der Waals surface area (Å²) in [5, 5.41) is 3.18. The van der Waals surface area contributed by atoms with Crippen molar-refractivity contribution in [3.8, 4) is 17.4 Å². The molecule has 2 rings (SSSR count). The molecule has 1 heterocycles. The van der Waals surface area contributed by atoms with Gasteiger partial charge in [-0.05, 0) is 38.5 Å². The molecule has 0 bridgehead atoms. The molecular weight excluding hydrogens is 254 g/mol. The quantitative estimate of drug-likeness (QED) is 0.905. The van der Waals surface area contributed by atoms with Gasteiger partial charge in [-0.1, -0.05) is 6.07 Å². The largest absolute Gasteiger partial charge is 0.493 e. The van der Waals surface area contributed by atoms with Crippen molar-refractivity contribution in [3.05, 3.63) is 35.7 Å². The number of nitrogens with zero attached hydrogens (tertiary/aromatic N) is 2. The Balaban J connectivity index is 2.33. The first-order valence-corrected chi connectivity index (χ1v) is 6.53. The highest BCUT2D eigenvalue weighted by Gasteiger charge is 2.11. The average Bonchev–Trinajstić information content (AvgIpc) is 2.45. The fraction of sp³-hybridized carbons (Fsp3) is 0.333. The molecule has 0 atom stereocenters. The van der Waals surface area contributed by atoms with Gasteiger partial charge >= 0.3 is 0 Å². The average molecular weight is 273 g/mol. The van der Waals surface area contributed by atoms with Gasteiger partial charge < -0.3 is 14.8 Å². The Hall–Kier alpha value is -2.30. The lowest BCUT2D eigenvalue weighted by molar-refractivity contribution is 0.372. The predicted molar refractivity (Wildman–Crippen MR) is 78.7 cm³/mol. The molecule has 1 aromatic heterocycles. The van der Waals surface area contributed by atoms with Gasteiger partial charge in [0.2, 0.25) is 5.88 Å². The normalized spacial score (nSPS) is 10.2. The minimum atomic E-state index is 0.526. The number of rotatable bonds is 5. The molecule has 0 radical (unpaired) electrons. The van der Waals surface area contributed by atoms with E-state index in [-0.39, 0.29) is 0 Å². The fourth-order valence-corrected chi connectivity index (χ4v) is 1.85. The highest BCUT2D eigenvalue weighted by molar-refractivity contribution is 5.50. The van der Waals surface area contributed by atoms with Crippen LogP contribution in [0, 0.1) is 13.8 Å². The minimum absolute atomic E-state index is 0.526. The molecule has 5 heteroatoms. The minimum Gasteiger partial charge on any atom is -0.493 e. The van der Waals surface area contributed by atoms with Crippen LogP contribution >= 0.6 is 0 Å². The molecule has 0 unspecified atom stereocenters. The van der Waals surface area contributed by atoms with Crippen LogP contribution in [0.15, 0.2) is 24.5 Å². The SMILES string of the molecule is CCNc1ncnc(Oc2ccc(C)cc2OC)c1C. The van der Waals surface area contributed by atoms with E-state index in [1.54, 1.807) is 7.11 Å². The molecule has 0 aliphatic rings. The van der Waals surface area contributed by atoms with Gasteiger partial charge in [-0.3, -0.25) is 0 Å². The van der Waals surface area contributed by atoms with Crippen LogP contribution in [0.1, 0.15) is 18.1 Å². The lowest BCUT2D eigenvalue weighted by atomic mass is 10.2. The Labute approximate surface area is 119 Å². The molecule has 1 N–H and O–H groups in total. The Morgan fingerprint density at radius 2 is 1.95 bits per heavy atom. The van der Waals surface area contributed by atoms with Gasteiger partial charge in [-0.2, -0.15) is 0 Å². The number of benzene rings is 1. The molecule has 106 valence electrons. The third-order valence-electron chi connectivity index (χ3n) is 2.91. The summed E-state index contributed by atoms with van der Waals surface area (Å²) < 4.78 is 11.2. The number of hydrogen-bond donors (Lipinski definition) is 1. The van der Waals surface area contributed by atoms with E-state index < -0.39 is 0 Å². The van der Waals surface area contributed by atoms with Gasteiger partial charge in [0.25, 0.3) is 0 Å². The topological polar surface area (TPSA) is 56.3 Å². The van der Waals surface area contributed by atoms with Gasteiger partial charge in [0, 0.05) is 6.54 Å². The number of nitrogens with one attached hydrogen (secondary N) is 1. The zero-order valence-electron chi connectivity index (χ0n) is 12.2. The van der Waals surface area contributed by atoms with Crippen LogP contribution in [0.2, 0.25) is 0 Å². The van der Waals surface area contributed by atoms with Gasteiger partial charge in [-0.15, -0.1) is 0 Å². The monoisotopic (exact) mass is 273 g/mol. The van der Waals surface area contributed by atoms with Gasteiger partial charge in [-0.25, -0.2) is 9.97 Å². The maximum Gasteiger partial charge on any atom is 0.227 e. The second-order valence-electron chi connectivity index (χ2n) is 4.44. The zero-order valence-corrected chi connectivity index (χ0v) is 12.2. The van der Waals surface area contributed by atoms with Gasteiger partial charge in [0.15, 0.2) is 11.5 Å². The maximum atomic E-state index is 5.86. The van der Waals surface area contributed by atoms with Crippen LogP contribution in [-0.4, -0.2) is 23.6 Å². The number of aryl methyl sites for hydroxylation is 1. The summed E-state index contributed by atoms with van der Waals surface area (Å²) in [5.41, 5.74) is 1.99. The Bertz CT molecular complexity index is 600. The molecular formula is C15H19N3O2. The number of methoxy groups -OCH3 is 1. The van der Waals surface area contributed by atoms with E-state index in [2.05, 4.69) is 15.3 Å². The van der Waals surface area contributed by atoms with Crippen molar-refractivity contribution >= 4 is 5.82 Å². The van der Waals surface area contributed by atoms with Crippen LogP contribution in [0.5, 0.6) is 17.4 Å². The van der Waals surface area contributed by atoms with Gasteiger partial charge in [0.1, 0.15) is 12.1 Å². The highest BCUT2D eigenvalue weighted by Crippen LogP contribution is 2.33. The second-order valence-corrected chi connectivity index (χ2v) is 4.44. The molecule has 0 aliphatic heterocycles. The Morgan fingerprint density at radius 1 is 1.15 bits per heavy atom. The summed E-state index contributed by atoms with van der Waals surface area (Å²) in [5.74, 6) is 2.64. The van der Waals surface area contributed by atoms with Crippen molar-refractivity contribution in [2.75, 3.05) is 19.0 Å². The molecule has 0 amide bonds. The lowest BCUT2D eigenvalue weighted by Crippen LogP contribution is -2.04. The summed E-state index contributed by atoms with van der Waals surface area (Å²) >= 11 is 0. The van der Waals surface area contributed by atoms with Crippen molar-refractivity contribution in [1.29, 1.82) is 0 Å². The molecule has 2 aromatic rings. The first-order valence-electron chi connectivity index (χ1n) is 6.53. The smallest absolute Gasteiger partial charge is 0.227 e.